The number of carbonyl (C=O) groups is 1. The molecular weight excluding hydrogens is 394 g/mol. The van der Waals surface area contributed by atoms with Crippen molar-refractivity contribution in [1.29, 1.82) is 0 Å². The number of non-ortho nitro benzene ring substituents is 1. The first-order chi connectivity index (χ1) is 14.8. The summed E-state index contributed by atoms with van der Waals surface area (Å²) in [6, 6.07) is 10.7. The summed E-state index contributed by atoms with van der Waals surface area (Å²) in [6.07, 6.45) is 3.53. The fourth-order valence-electron chi connectivity index (χ4n) is 3.25. The van der Waals surface area contributed by atoms with Crippen molar-refractivity contribution in [3.8, 4) is 0 Å². The maximum atomic E-state index is 12.2. The molecule has 0 fully saturated rings. The number of benzene rings is 2. The van der Waals surface area contributed by atoms with Crippen LogP contribution in [0.1, 0.15) is 43.4 Å². The third-order valence-corrected chi connectivity index (χ3v) is 4.94. The molecular formula is C23H31N5O3. The van der Waals surface area contributed by atoms with E-state index in [1.54, 1.807) is 6.07 Å². The molecule has 31 heavy (non-hydrogen) atoms. The maximum absolute atomic E-state index is 12.2. The summed E-state index contributed by atoms with van der Waals surface area (Å²) in [5.41, 5.74) is 7.03. The molecule has 2 aromatic carbocycles. The molecule has 0 heterocycles. The van der Waals surface area contributed by atoms with Gasteiger partial charge in [-0.25, -0.2) is 5.43 Å². The van der Waals surface area contributed by atoms with E-state index in [-0.39, 0.29) is 18.1 Å². The van der Waals surface area contributed by atoms with E-state index in [0.29, 0.717) is 5.56 Å². The highest BCUT2D eigenvalue weighted by molar-refractivity contribution is 5.90. The summed E-state index contributed by atoms with van der Waals surface area (Å²) in [4.78, 5) is 25.1. The second-order valence-corrected chi connectivity index (χ2v) is 7.40. The summed E-state index contributed by atoms with van der Waals surface area (Å²) in [5, 5.41) is 18.3. The molecule has 0 spiro atoms. The summed E-state index contributed by atoms with van der Waals surface area (Å²) in [7, 11) is 0. The highest BCUT2D eigenvalue weighted by atomic mass is 16.6. The summed E-state index contributed by atoms with van der Waals surface area (Å²) >= 11 is 0. The van der Waals surface area contributed by atoms with Gasteiger partial charge in [-0.15, -0.1) is 0 Å². The second kappa shape index (κ2) is 11.7. The Morgan fingerprint density at radius 3 is 2.61 bits per heavy atom. The first-order valence-corrected chi connectivity index (χ1v) is 10.5. The number of hydrazone groups is 1. The van der Waals surface area contributed by atoms with Crippen molar-refractivity contribution >= 4 is 29.2 Å². The number of aryl methyl sites for hydroxylation is 2. The molecule has 0 atom stereocenters. The smallest absolute Gasteiger partial charge is 0.270 e. The van der Waals surface area contributed by atoms with Crippen molar-refractivity contribution in [2.24, 2.45) is 5.10 Å². The van der Waals surface area contributed by atoms with E-state index in [1.807, 2.05) is 39.0 Å². The molecule has 0 saturated heterocycles. The Balaban J connectivity index is 2.09. The predicted molar refractivity (Wildman–Crippen MR) is 126 cm³/mol. The number of nitro benzene ring substituents is 1. The molecule has 0 unspecified atom stereocenters. The average Bonchev–Trinajstić information content (AvgIpc) is 2.74. The molecule has 0 aromatic heterocycles. The highest BCUT2D eigenvalue weighted by Crippen LogP contribution is 2.24. The Kier molecular flexibility index (Phi) is 8.99. The highest BCUT2D eigenvalue weighted by Gasteiger charge is 2.14. The third kappa shape index (κ3) is 7.09. The lowest BCUT2D eigenvalue weighted by Crippen LogP contribution is -2.27. The van der Waals surface area contributed by atoms with E-state index < -0.39 is 4.92 Å². The standard InChI is InChI=1S/C23H31N5O3/c1-5-7-12-27(6-2)22-11-9-20(28(30)31)14-19(22)15-25-26-23(29)16-24-21-10-8-17(3)13-18(21)4/h8-11,13-15,24H,5-7,12,16H2,1-4H3,(H,26,29). The van der Waals surface area contributed by atoms with Crippen LogP contribution in [0.2, 0.25) is 0 Å². The SMILES string of the molecule is CCCCN(CC)c1ccc([N+](=O)[O-])cc1C=NNC(=O)CNc1ccc(C)cc1C. The van der Waals surface area contributed by atoms with Crippen LogP contribution in [0.15, 0.2) is 41.5 Å². The quantitative estimate of drug-likeness (QED) is 0.316. The molecule has 8 heteroatoms. The minimum Gasteiger partial charge on any atom is -0.376 e. The van der Waals surface area contributed by atoms with Gasteiger partial charge in [0.15, 0.2) is 0 Å². The molecule has 0 aliphatic heterocycles. The molecule has 0 aliphatic carbocycles. The number of nitrogens with zero attached hydrogens (tertiary/aromatic N) is 3. The van der Waals surface area contributed by atoms with Crippen LogP contribution in [0.4, 0.5) is 17.1 Å². The lowest BCUT2D eigenvalue weighted by Gasteiger charge is -2.24. The fraction of sp³-hybridized carbons (Fsp3) is 0.391. The van der Waals surface area contributed by atoms with Crippen molar-refractivity contribution in [2.75, 3.05) is 29.9 Å². The zero-order valence-corrected chi connectivity index (χ0v) is 18.6. The van der Waals surface area contributed by atoms with Gasteiger partial charge in [-0.3, -0.25) is 14.9 Å². The van der Waals surface area contributed by atoms with Crippen LogP contribution in [0.25, 0.3) is 0 Å². The van der Waals surface area contributed by atoms with Gasteiger partial charge in [-0.2, -0.15) is 5.10 Å². The first-order valence-electron chi connectivity index (χ1n) is 10.5. The number of nitrogens with one attached hydrogen (secondary N) is 2. The van der Waals surface area contributed by atoms with Crippen LogP contribution >= 0.6 is 0 Å². The molecule has 0 aliphatic rings. The Labute approximate surface area is 183 Å². The van der Waals surface area contributed by atoms with Crippen LogP contribution in [-0.2, 0) is 4.79 Å². The number of anilines is 2. The second-order valence-electron chi connectivity index (χ2n) is 7.40. The van der Waals surface area contributed by atoms with Gasteiger partial charge in [0.05, 0.1) is 17.7 Å². The number of nitro groups is 1. The van der Waals surface area contributed by atoms with Crippen molar-refractivity contribution in [1.82, 2.24) is 5.43 Å². The molecule has 2 rings (SSSR count). The minimum absolute atomic E-state index is 0.0143. The van der Waals surface area contributed by atoms with Gasteiger partial charge in [0, 0.05) is 42.2 Å². The summed E-state index contributed by atoms with van der Waals surface area (Å²) in [6.45, 7) is 9.84. The fourth-order valence-corrected chi connectivity index (χ4v) is 3.25. The van der Waals surface area contributed by atoms with E-state index in [2.05, 4.69) is 27.7 Å². The van der Waals surface area contributed by atoms with Crippen molar-refractivity contribution < 1.29 is 9.72 Å². The zero-order chi connectivity index (χ0) is 22.8. The van der Waals surface area contributed by atoms with Crippen molar-refractivity contribution in [3.05, 3.63) is 63.2 Å². The van der Waals surface area contributed by atoms with Crippen LogP contribution in [-0.4, -0.2) is 36.7 Å². The Bertz CT molecular complexity index is 943. The number of hydrogen-bond donors (Lipinski definition) is 2. The van der Waals surface area contributed by atoms with Gasteiger partial charge < -0.3 is 10.2 Å². The monoisotopic (exact) mass is 425 g/mol. The van der Waals surface area contributed by atoms with Crippen LogP contribution in [0.3, 0.4) is 0 Å². The number of unbranched alkanes of at least 4 members (excludes halogenated alkanes) is 1. The summed E-state index contributed by atoms with van der Waals surface area (Å²) in [5.74, 6) is -0.304. The van der Waals surface area contributed by atoms with E-state index in [0.717, 1.165) is 48.4 Å². The topological polar surface area (TPSA) is 99.9 Å². The van der Waals surface area contributed by atoms with Gasteiger partial charge in [0.25, 0.3) is 11.6 Å². The summed E-state index contributed by atoms with van der Waals surface area (Å²) < 4.78 is 0. The van der Waals surface area contributed by atoms with Crippen LogP contribution < -0.4 is 15.6 Å². The average molecular weight is 426 g/mol. The first kappa shape index (κ1) is 23.9. The number of hydrogen-bond acceptors (Lipinski definition) is 6. The molecule has 0 saturated carbocycles. The number of amides is 1. The Hall–Kier alpha value is -3.42. The van der Waals surface area contributed by atoms with Gasteiger partial charge >= 0.3 is 0 Å². The predicted octanol–water partition coefficient (Wildman–Crippen LogP) is 4.40. The molecule has 8 nitrogen and oxygen atoms in total. The van der Waals surface area contributed by atoms with Crippen molar-refractivity contribution in [3.63, 3.8) is 0 Å². The molecule has 0 radical (unpaired) electrons. The molecule has 0 bridgehead atoms. The molecule has 2 N–H and O–H groups in total. The van der Waals surface area contributed by atoms with E-state index in [9.17, 15) is 14.9 Å². The Morgan fingerprint density at radius 2 is 1.97 bits per heavy atom. The van der Waals surface area contributed by atoms with Gasteiger partial charge in [0.1, 0.15) is 0 Å². The maximum Gasteiger partial charge on any atom is 0.270 e. The molecule has 1 amide bonds. The third-order valence-electron chi connectivity index (χ3n) is 4.94. The van der Waals surface area contributed by atoms with Gasteiger partial charge in [-0.05, 0) is 44.9 Å². The van der Waals surface area contributed by atoms with Gasteiger partial charge in [-0.1, -0.05) is 31.0 Å². The number of rotatable bonds is 11. The van der Waals surface area contributed by atoms with Crippen molar-refractivity contribution in [2.45, 2.75) is 40.5 Å². The Morgan fingerprint density at radius 1 is 1.19 bits per heavy atom. The largest absolute Gasteiger partial charge is 0.376 e. The molecule has 2 aromatic rings. The molecule has 166 valence electrons. The zero-order valence-electron chi connectivity index (χ0n) is 18.6. The van der Waals surface area contributed by atoms with Crippen LogP contribution in [0.5, 0.6) is 0 Å². The van der Waals surface area contributed by atoms with E-state index in [1.165, 1.54) is 18.3 Å². The van der Waals surface area contributed by atoms with Gasteiger partial charge in [0.2, 0.25) is 0 Å². The number of carbonyl (C=O) groups excluding carboxylic acids is 1. The lowest BCUT2D eigenvalue weighted by atomic mass is 10.1. The minimum atomic E-state index is -0.435. The normalized spacial score (nSPS) is 10.8. The van der Waals surface area contributed by atoms with E-state index in [4.69, 9.17) is 0 Å². The van der Waals surface area contributed by atoms with Crippen LogP contribution in [0, 0.1) is 24.0 Å². The lowest BCUT2D eigenvalue weighted by molar-refractivity contribution is -0.384. The van der Waals surface area contributed by atoms with E-state index >= 15 is 0 Å².